The predicted molar refractivity (Wildman–Crippen MR) is 111 cm³/mol. The number of anilines is 2. The Balaban J connectivity index is 1.90. The number of aromatic nitrogens is 5. The van der Waals surface area contributed by atoms with E-state index in [4.69, 9.17) is 22.4 Å². The highest BCUT2D eigenvalue weighted by Gasteiger charge is 2.28. The van der Waals surface area contributed by atoms with E-state index in [2.05, 4.69) is 26.3 Å². The van der Waals surface area contributed by atoms with Crippen molar-refractivity contribution in [2.24, 2.45) is 0 Å². The number of nitriles is 1. The second kappa shape index (κ2) is 7.04. The fourth-order valence-electron chi connectivity index (χ4n) is 3.14. The molecule has 0 fully saturated rings. The van der Waals surface area contributed by atoms with E-state index >= 15 is 0 Å². The van der Waals surface area contributed by atoms with Gasteiger partial charge in [0.2, 0.25) is 0 Å². The van der Waals surface area contributed by atoms with Gasteiger partial charge < -0.3 is 11.1 Å². The topological polar surface area (TPSA) is 118 Å². The third-order valence-electron chi connectivity index (χ3n) is 4.59. The van der Waals surface area contributed by atoms with Crippen LogP contribution in [0.5, 0.6) is 0 Å². The number of nitrogens with two attached hydrogens (primary N) is 1. The summed E-state index contributed by atoms with van der Waals surface area (Å²) < 4.78 is 1.59. The number of hydrogen-bond donors (Lipinski definition) is 2. The Kier molecular flexibility index (Phi) is 4.53. The first-order chi connectivity index (χ1) is 13.9. The number of halogens is 1. The lowest BCUT2D eigenvalue weighted by atomic mass is 9.90. The minimum Gasteiger partial charge on any atom is -0.382 e. The zero-order valence-electron chi connectivity index (χ0n) is 15.8. The van der Waals surface area contributed by atoms with Gasteiger partial charge in [-0.3, -0.25) is 0 Å². The van der Waals surface area contributed by atoms with Gasteiger partial charge in [0, 0.05) is 11.1 Å². The Labute approximate surface area is 172 Å². The molecule has 0 aliphatic rings. The van der Waals surface area contributed by atoms with Crippen LogP contribution < -0.4 is 11.1 Å². The van der Waals surface area contributed by atoms with Gasteiger partial charge in [0.1, 0.15) is 29.6 Å². The zero-order chi connectivity index (χ0) is 20.6. The third-order valence-corrected chi connectivity index (χ3v) is 4.85. The first-order valence-corrected chi connectivity index (χ1v) is 9.17. The average molecular weight is 405 g/mol. The standard InChI is InChI=1S/C20H17ClN8/c1-20(2,27-19-13(9-22)18(23)25-11-26-19)14-8-16-24-10-15(21)29(16)28-17(14)12-6-4-3-5-7-12/h3-8,10-11H,1-2H3,(H3,23,25,26,27). The van der Waals surface area contributed by atoms with Crippen molar-refractivity contribution in [3.63, 3.8) is 0 Å². The summed E-state index contributed by atoms with van der Waals surface area (Å²) in [6.45, 7) is 3.94. The summed E-state index contributed by atoms with van der Waals surface area (Å²) in [5.41, 5.74) is 8.48. The van der Waals surface area contributed by atoms with Crippen molar-refractivity contribution in [3.05, 3.63) is 65.2 Å². The van der Waals surface area contributed by atoms with Gasteiger partial charge in [-0.15, -0.1) is 0 Å². The molecule has 9 heteroatoms. The van der Waals surface area contributed by atoms with E-state index in [1.165, 1.54) is 6.33 Å². The largest absolute Gasteiger partial charge is 0.382 e. The first kappa shape index (κ1) is 18.7. The molecular formula is C20H17ClN8. The van der Waals surface area contributed by atoms with Crippen LogP contribution in [0.4, 0.5) is 11.6 Å². The molecule has 8 nitrogen and oxygen atoms in total. The smallest absolute Gasteiger partial charge is 0.155 e. The van der Waals surface area contributed by atoms with Gasteiger partial charge in [0.15, 0.2) is 10.8 Å². The van der Waals surface area contributed by atoms with Gasteiger partial charge in [-0.05, 0) is 19.9 Å². The predicted octanol–water partition coefficient (Wildman–Crippen LogP) is 3.64. The summed E-state index contributed by atoms with van der Waals surface area (Å²) in [6.07, 6.45) is 2.88. The third kappa shape index (κ3) is 3.32. The number of rotatable bonds is 4. The van der Waals surface area contributed by atoms with Crippen LogP contribution in [-0.2, 0) is 5.54 Å². The molecule has 1 aromatic carbocycles. The molecular weight excluding hydrogens is 388 g/mol. The molecule has 0 radical (unpaired) electrons. The maximum absolute atomic E-state index is 9.45. The van der Waals surface area contributed by atoms with E-state index in [1.807, 2.05) is 50.2 Å². The fraction of sp³-hybridized carbons (Fsp3) is 0.150. The molecule has 4 rings (SSSR count). The van der Waals surface area contributed by atoms with Crippen LogP contribution in [0.15, 0.2) is 48.9 Å². The number of hydrogen-bond acceptors (Lipinski definition) is 7. The lowest BCUT2D eigenvalue weighted by molar-refractivity contribution is 0.602. The molecule has 0 saturated heterocycles. The van der Waals surface area contributed by atoms with Crippen LogP contribution in [0.25, 0.3) is 16.9 Å². The van der Waals surface area contributed by atoms with Gasteiger partial charge in [-0.2, -0.15) is 10.4 Å². The highest BCUT2D eigenvalue weighted by atomic mass is 35.5. The maximum Gasteiger partial charge on any atom is 0.155 e. The Morgan fingerprint density at radius 3 is 2.66 bits per heavy atom. The molecule has 0 spiro atoms. The van der Waals surface area contributed by atoms with E-state index in [9.17, 15) is 5.26 Å². The van der Waals surface area contributed by atoms with E-state index in [0.29, 0.717) is 16.6 Å². The van der Waals surface area contributed by atoms with E-state index in [1.54, 1.807) is 10.7 Å². The van der Waals surface area contributed by atoms with Crippen LogP contribution in [0, 0.1) is 11.3 Å². The highest BCUT2D eigenvalue weighted by Crippen LogP contribution is 2.34. The van der Waals surface area contributed by atoms with Crippen molar-refractivity contribution >= 4 is 28.9 Å². The van der Waals surface area contributed by atoms with Gasteiger partial charge >= 0.3 is 0 Å². The van der Waals surface area contributed by atoms with Crippen molar-refractivity contribution in [2.75, 3.05) is 11.1 Å². The van der Waals surface area contributed by atoms with Crippen LogP contribution in [0.2, 0.25) is 5.15 Å². The molecule has 0 aliphatic carbocycles. The van der Waals surface area contributed by atoms with Crippen LogP contribution in [0.1, 0.15) is 25.0 Å². The monoisotopic (exact) mass is 404 g/mol. The Morgan fingerprint density at radius 1 is 1.17 bits per heavy atom. The highest BCUT2D eigenvalue weighted by molar-refractivity contribution is 6.29. The average Bonchev–Trinajstić information content (AvgIpc) is 3.08. The number of imidazole rings is 1. The number of nitrogens with zero attached hydrogens (tertiary/aromatic N) is 6. The molecule has 0 amide bonds. The van der Waals surface area contributed by atoms with Crippen molar-refractivity contribution < 1.29 is 0 Å². The van der Waals surface area contributed by atoms with Crippen LogP contribution in [0.3, 0.4) is 0 Å². The summed E-state index contributed by atoms with van der Waals surface area (Å²) in [7, 11) is 0. The number of nitrogen functional groups attached to an aromatic ring is 1. The molecule has 3 aromatic heterocycles. The van der Waals surface area contributed by atoms with Gasteiger partial charge in [-0.25, -0.2) is 19.5 Å². The van der Waals surface area contributed by atoms with E-state index in [0.717, 1.165) is 16.8 Å². The maximum atomic E-state index is 9.45. The van der Waals surface area contributed by atoms with Gasteiger partial charge in [0.05, 0.1) is 17.4 Å². The second-order valence-corrected chi connectivity index (χ2v) is 7.36. The molecule has 3 heterocycles. The van der Waals surface area contributed by atoms with Crippen molar-refractivity contribution in [3.8, 4) is 17.3 Å². The fourth-order valence-corrected chi connectivity index (χ4v) is 3.31. The summed E-state index contributed by atoms with van der Waals surface area (Å²) in [5.74, 6) is 0.475. The van der Waals surface area contributed by atoms with Crippen molar-refractivity contribution in [1.29, 1.82) is 5.26 Å². The Morgan fingerprint density at radius 2 is 1.93 bits per heavy atom. The van der Waals surface area contributed by atoms with Crippen LogP contribution in [-0.4, -0.2) is 24.6 Å². The van der Waals surface area contributed by atoms with Gasteiger partial charge in [-0.1, -0.05) is 41.9 Å². The number of fused-ring (bicyclic) bond motifs is 1. The lowest BCUT2D eigenvalue weighted by Crippen LogP contribution is -2.30. The van der Waals surface area contributed by atoms with Gasteiger partial charge in [0.25, 0.3) is 0 Å². The molecule has 0 saturated carbocycles. The number of nitrogens with one attached hydrogen (secondary N) is 1. The Bertz CT molecular complexity index is 1240. The lowest BCUT2D eigenvalue weighted by Gasteiger charge is -2.29. The Hall–Kier alpha value is -3.70. The summed E-state index contributed by atoms with van der Waals surface area (Å²) in [4.78, 5) is 12.4. The molecule has 144 valence electrons. The number of benzene rings is 1. The molecule has 0 bridgehead atoms. The normalized spacial score (nSPS) is 11.4. The molecule has 0 unspecified atom stereocenters. The molecule has 3 N–H and O–H groups in total. The minimum absolute atomic E-state index is 0.123. The second-order valence-electron chi connectivity index (χ2n) is 6.97. The van der Waals surface area contributed by atoms with E-state index < -0.39 is 5.54 Å². The minimum atomic E-state index is -0.676. The molecule has 29 heavy (non-hydrogen) atoms. The SMILES string of the molecule is CC(C)(Nc1ncnc(N)c1C#N)c1cc2ncc(Cl)n2nc1-c1ccccc1. The van der Waals surface area contributed by atoms with Crippen molar-refractivity contribution in [1.82, 2.24) is 24.6 Å². The van der Waals surface area contributed by atoms with Crippen molar-refractivity contribution in [2.45, 2.75) is 19.4 Å². The summed E-state index contributed by atoms with van der Waals surface area (Å²) >= 11 is 6.24. The molecule has 0 aliphatic heterocycles. The summed E-state index contributed by atoms with van der Waals surface area (Å²) in [6, 6.07) is 13.8. The zero-order valence-corrected chi connectivity index (χ0v) is 16.5. The first-order valence-electron chi connectivity index (χ1n) is 8.79. The molecule has 4 aromatic rings. The van der Waals surface area contributed by atoms with Crippen LogP contribution >= 0.6 is 11.6 Å². The van der Waals surface area contributed by atoms with E-state index in [-0.39, 0.29) is 11.4 Å². The quantitative estimate of drug-likeness (QED) is 0.533. The summed E-state index contributed by atoms with van der Waals surface area (Å²) in [5, 5.41) is 17.9. The molecule has 0 atom stereocenters.